The molecule has 0 spiro atoms. The Kier molecular flexibility index (Phi) is 4.86. The molecule has 0 bridgehead atoms. The minimum atomic E-state index is -3.79. The van der Waals surface area contributed by atoms with Gasteiger partial charge in [-0.3, -0.25) is 0 Å². The highest BCUT2D eigenvalue weighted by atomic mass is 32.2. The Morgan fingerprint density at radius 1 is 1.28 bits per heavy atom. The van der Waals surface area contributed by atoms with Gasteiger partial charge in [0.05, 0.1) is 5.69 Å². The van der Waals surface area contributed by atoms with Crippen LogP contribution in [0.5, 0.6) is 0 Å². The molecule has 0 aromatic carbocycles. The number of aromatic nitrogens is 2. The first kappa shape index (κ1) is 15.1. The molecule has 1 aromatic heterocycles. The molecule has 0 radical (unpaired) electrons. The Morgan fingerprint density at radius 2 is 1.78 bits per heavy atom. The van der Waals surface area contributed by atoms with Crippen LogP contribution in [0.4, 0.5) is 4.39 Å². The molecule has 0 aliphatic heterocycles. The summed E-state index contributed by atoms with van der Waals surface area (Å²) in [5.74, 6) is -0.801. The lowest BCUT2D eigenvalue weighted by Gasteiger charge is -2.20. The summed E-state index contributed by atoms with van der Waals surface area (Å²) in [6.07, 6.45) is 1.39. The smallest absolute Gasteiger partial charge is 0.241 e. The highest BCUT2D eigenvalue weighted by molar-refractivity contribution is 7.89. The van der Waals surface area contributed by atoms with Gasteiger partial charge < -0.3 is 0 Å². The van der Waals surface area contributed by atoms with Crippen molar-refractivity contribution < 1.29 is 12.8 Å². The zero-order valence-corrected chi connectivity index (χ0v) is 12.1. The molecule has 1 rings (SSSR count). The fourth-order valence-electron chi connectivity index (χ4n) is 1.88. The minimum Gasteiger partial charge on any atom is -0.241 e. The highest BCUT2D eigenvalue weighted by Gasteiger charge is 2.31. The lowest BCUT2D eigenvalue weighted by Crippen LogP contribution is -2.33. The molecule has 18 heavy (non-hydrogen) atoms. The van der Waals surface area contributed by atoms with E-state index in [2.05, 4.69) is 5.10 Å². The average Bonchev–Trinajstić information content (AvgIpc) is 2.53. The molecule has 0 saturated heterocycles. The van der Waals surface area contributed by atoms with E-state index in [-0.39, 0.29) is 10.6 Å². The van der Waals surface area contributed by atoms with E-state index in [1.807, 2.05) is 13.8 Å². The lowest BCUT2D eigenvalue weighted by atomic mass is 10.4. The second-order valence-corrected chi connectivity index (χ2v) is 6.11. The van der Waals surface area contributed by atoms with Crippen molar-refractivity contribution in [1.29, 1.82) is 0 Å². The van der Waals surface area contributed by atoms with E-state index < -0.39 is 16.0 Å². The second-order valence-electron chi connectivity index (χ2n) is 4.23. The van der Waals surface area contributed by atoms with Crippen LogP contribution in [0.25, 0.3) is 0 Å². The van der Waals surface area contributed by atoms with Gasteiger partial charge in [-0.1, -0.05) is 13.8 Å². The Labute approximate surface area is 108 Å². The maximum atomic E-state index is 13.9. The molecule has 0 saturated carbocycles. The second kappa shape index (κ2) is 5.79. The van der Waals surface area contributed by atoms with Crippen LogP contribution in [-0.4, -0.2) is 35.6 Å². The van der Waals surface area contributed by atoms with E-state index in [0.29, 0.717) is 25.9 Å². The van der Waals surface area contributed by atoms with Gasteiger partial charge in [-0.05, 0) is 19.8 Å². The van der Waals surface area contributed by atoms with Crippen LogP contribution < -0.4 is 0 Å². The van der Waals surface area contributed by atoms with Gasteiger partial charge in [0.15, 0.2) is 4.90 Å². The third-order valence-electron chi connectivity index (χ3n) is 2.64. The van der Waals surface area contributed by atoms with E-state index in [1.165, 1.54) is 18.3 Å². The quantitative estimate of drug-likeness (QED) is 0.795. The van der Waals surface area contributed by atoms with Gasteiger partial charge in [0, 0.05) is 20.1 Å². The SMILES string of the molecule is CCCN(CCC)S(=O)(=O)c1c(C)nn(C)c1F. The highest BCUT2D eigenvalue weighted by Crippen LogP contribution is 2.22. The molecular formula is C11H20FN3O2S. The maximum Gasteiger partial charge on any atom is 0.249 e. The van der Waals surface area contributed by atoms with Gasteiger partial charge in [0.25, 0.3) is 0 Å². The minimum absolute atomic E-state index is 0.201. The Hall–Kier alpha value is -0.950. The summed E-state index contributed by atoms with van der Waals surface area (Å²) in [5.41, 5.74) is 0.201. The molecule has 1 aromatic rings. The van der Waals surface area contributed by atoms with Crippen molar-refractivity contribution in [2.75, 3.05) is 13.1 Å². The summed E-state index contributed by atoms with van der Waals surface area (Å²) in [6.45, 7) is 6.08. The fourth-order valence-corrected chi connectivity index (χ4v) is 3.75. The molecule has 0 N–H and O–H groups in total. The summed E-state index contributed by atoms with van der Waals surface area (Å²) in [7, 11) is -2.40. The van der Waals surface area contributed by atoms with Crippen molar-refractivity contribution in [3.05, 3.63) is 11.6 Å². The number of hydrogen-bond acceptors (Lipinski definition) is 3. The summed E-state index contributed by atoms with van der Waals surface area (Å²) in [4.78, 5) is -0.299. The van der Waals surface area contributed by atoms with Crippen molar-refractivity contribution in [2.24, 2.45) is 7.05 Å². The van der Waals surface area contributed by atoms with Crippen molar-refractivity contribution in [1.82, 2.24) is 14.1 Å². The van der Waals surface area contributed by atoms with Gasteiger partial charge in [0.1, 0.15) is 0 Å². The summed E-state index contributed by atoms with van der Waals surface area (Å²) in [5, 5.41) is 3.82. The first-order valence-corrected chi connectivity index (χ1v) is 7.49. The van der Waals surface area contributed by atoms with Crippen LogP contribution in [0.3, 0.4) is 0 Å². The van der Waals surface area contributed by atoms with Crippen molar-refractivity contribution in [3.8, 4) is 0 Å². The molecule has 0 aliphatic carbocycles. The third-order valence-corrected chi connectivity index (χ3v) is 4.67. The topological polar surface area (TPSA) is 55.2 Å². The van der Waals surface area contributed by atoms with Gasteiger partial charge in [-0.2, -0.15) is 13.8 Å². The van der Waals surface area contributed by atoms with Crippen LogP contribution in [0, 0.1) is 12.9 Å². The Morgan fingerprint density at radius 3 is 2.11 bits per heavy atom. The third kappa shape index (κ3) is 2.72. The summed E-state index contributed by atoms with van der Waals surface area (Å²) < 4.78 is 40.9. The molecule has 104 valence electrons. The largest absolute Gasteiger partial charge is 0.249 e. The molecule has 5 nitrogen and oxygen atoms in total. The normalized spacial score (nSPS) is 12.3. The zero-order valence-electron chi connectivity index (χ0n) is 11.3. The number of hydrogen-bond donors (Lipinski definition) is 0. The average molecular weight is 277 g/mol. The van der Waals surface area contributed by atoms with Gasteiger partial charge >= 0.3 is 0 Å². The summed E-state index contributed by atoms with van der Waals surface area (Å²) in [6, 6.07) is 0. The molecule has 0 aliphatic rings. The van der Waals surface area contributed by atoms with Crippen molar-refractivity contribution in [3.63, 3.8) is 0 Å². The molecule has 0 atom stereocenters. The molecule has 0 unspecified atom stereocenters. The number of aryl methyl sites for hydroxylation is 2. The molecule has 1 heterocycles. The standard InChI is InChI=1S/C11H20FN3O2S/c1-5-7-15(8-6-2)18(16,17)10-9(3)13-14(4)11(10)12/h5-8H2,1-4H3. The van der Waals surface area contributed by atoms with E-state index >= 15 is 0 Å². The number of nitrogens with zero attached hydrogens (tertiary/aromatic N) is 3. The van der Waals surface area contributed by atoms with Crippen LogP contribution in [0.2, 0.25) is 0 Å². The van der Waals surface area contributed by atoms with E-state index in [0.717, 1.165) is 4.68 Å². The Balaban J connectivity index is 3.26. The lowest BCUT2D eigenvalue weighted by molar-refractivity contribution is 0.403. The first-order chi connectivity index (χ1) is 8.36. The molecule has 7 heteroatoms. The van der Waals surface area contributed by atoms with Crippen LogP contribution in [0.15, 0.2) is 4.90 Å². The predicted octanol–water partition coefficient (Wildman–Crippen LogP) is 1.68. The maximum absolute atomic E-state index is 13.9. The first-order valence-electron chi connectivity index (χ1n) is 6.05. The van der Waals surface area contributed by atoms with E-state index in [1.54, 1.807) is 0 Å². The zero-order chi connectivity index (χ0) is 13.9. The number of rotatable bonds is 6. The van der Waals surface area contributed by atoms with Gasteiger partial charge in [-0.15, -0.1) is 0 Å². The Bertz CT molecular complexity index is 505. The van der Waals surface area contributed by atoms with Crippen molar-refractivity contribution >= 4 is 10.0 Å². The number of sulfonamides is 1. The van der Waals surface area contributed by atoms with E-state index in [4.69, 9.17) is 0 Å². The summed E-state index contributed by atoms with van der Waals surface area (Å²) >= 11 is 0. The molecular weight excluding hydrogens is 257 g/mol. The van der Waals surface area contributed by atoms with Crippen LogP contribution in [0.1, 0.15) is 32.4 Å². The molecule has 0 amide bonds. The van der Waals surface area contributed by atoms with Crippen LogP contribution >= 0.6 is 0 Å². The monoisotopic (exact) mass is 277 g/mol. The predicted molar refractivity (Wildman–Crippen MR) is 67.2 cm³/mol. The fraction of sp³-hybridized carbons (Fsp3) is 0.727. The number of halogens is 1. The molecule has 0 fully saturated rings. The van der Waals surface area contributed by atoms with Gasteiger partial charge in [0.2, 0.25) is 16.0 Å². The van der Waals surface area contributed by atoms with Crippen molar-refractivity contribution in [2.45, 2.75) is 38.5 Å². The van der Waals surface area contributed by atoms with Crippen LogP contribution in [-0.2, 0) is 17.1 Å². The van der Waals surface area contributed by atoms with E-state index in [9.17, 15) is 12.8 Å². The van der Waals surface area contributed by atoms with Gasteiger partial charge in [-0.25, -0.2) is 13.1 Å².